The normalized spacial score (nSPS) is 11.5. The Morgan fingerprint density at radius 3 is 2.88 bits per heavy atom. The van der Waals surface area contributed by atoms with Crippen molar-refractivity contribution in [2.75, 3.05) is 5.73 Å². The summed E-state index contributed by atoms with van der Waals surface area (Å²) in [6.45, 7) is 0.181. The summed E-state index contributed by atoms with van der Waals surface area (Å²) in [6, 6.07) is 6.16. The fourth-order valence-electron chi connectivity index (χ4n) is 1.26. The molecule has 0 saturated heterocycles. The average Bonchev–Trinajstić information content (AvgIpc) is 2.79. The van der Waals surface area contributed by atoms with Crippen molar-refractivity contribution in [3.63, 3.8) is 0 Å². The maximum atomic E-state index is 11.9. The van der Waals surface area contributed by atoms with Crippen molar-refractivity contribution in [2.24, 2.45) is 0 Å². The van der Waals surface area contributed by atoms with Gasteiger partial charge in [-0.15, -0.1) is 11.3 Å². The number of nitrogens with two attached hydrogens (primary N) is 1. The van der Waals surface area contributed by atoms with Gasteiger partial charge in [0, 0.05) is 11.1 Å². The van der Waals surface area contributed by atoms with Gasteiger partial charge in [0.15, 0.2) is 0 Å². The van der Waals surface area contributed by atoms with Gasteiger partial charge in [-0.05, 0) is 18.2 Å². The predicted molar refractivity (Wildman–Crippen MR) is 67.0 cm³/mol. The van der Waals surface area contributed by atoms with E-state index in [2.05, 4.69) is 9.71 Å². The molecule has 1 heterocycles. The van der Waals surface area contributed by atoms with Gasteiger partial charge in [-0.25, -0.2) is 18.1 Å². The smallest absolute Gasteiger partial charge is 0.240 e. The number of benzene rings is 1. The van der Waals surface area contributed by atoms with Crippen LogP contribution in [0.2, 0.25) is 0 Å². The molecular formula is C10H11N3O2S2. The molecule has 0 atom stereocenters. The minimum Gasteiger partial charge on any atom is -0.399 e. The van der Waals surface area contributed by atoms with E-state index in [0.29, 0.717) is 11.4 Å². The van der Waals surface area contributed by atoms with Crippen LogP contribution in [-0.4, -0.2) is 13.4 Å². The van der Waals surface area contributed by atoms with Crippen molar-refractivity contribution in [2.45, 2.75) is 11.4 Å². The number of hydrogen-bond donors (Lipinski definition) is 2. The molecule has 17 heavy (non-hydrogen) atoms. The first-order valence-corrected chi connectivity index (χ1v) is 7.23. The van der Waals surface area contributed by atoms with Gasteiger partial charge >= 0.3 is 0 Å². The third kappa shape index (κ3) is 3.02. The maximum Gasteiger partial charge on any atom is 0.240 e. The first-order chi connectivity index (χ1) is 8.08. The van der Waals surface area contributed by atoms with E-state index in [4.69, 9.17) is 5.73 Å². The number of nitrogen functional groups attached to an aromatic ring is 1. The molecule has 0 spiro atoms. The zero-order valence-electron chi connectivity index (χ0n) is 8.83. The van der Waals surface area contributed by atoms with E-state index in [-0.39, 0.29) is 11.4 Å². The van der Waals surface area contributed by atoms with Gasteiger partial charge in [-0.1, -0.05) is 6.07 Å². The molecule has 0 fully saturated rings. The zero-order chi connectivity index (χ0) is 12.3. The monoisotopic (exact) mass is 269 g/mol. The number of hydrogen-bond acceptors (Lipinski definition) is 5. The van der Waals surface area contributed by atoms with Crippen LogP contribution in [0.4, 0.5) is 5.69 Å². The maximum absolute atomic E-state index is 11.9. The molecule has 0 aliphatic rings. The molecule has 1 aromatic carbocycles. The zero-order valence-corrected chi connectivity index (χ0v) is 10.5. The molecule has 7 heteroatoms. The van der Waals surface area contributed by atoms with E-state index in [0.717, 1.165) is 0 Å². The van der Waals surface area contributed by atoms with Crippen LogP contribution in [0.5, 0.6) is 0 Å². The standard InChI is InChI=1S/C10H11N3O2S2/c11-8-2-1-3-10(4-8)17(14,15)13-5-9-6-16-7-12-9/h1-4,6-7,13H,5,11H2. The third-order valence-electron chi connectivity index (χ3n) is 2.10. The Labute approximate surface area is 103 Å². The minimum atomic E-state index is -3.52. The van der Waals surface area contributed by atoms with Crippen LogP contribution < -0.4 is 10.5 Å². The van der Waals surface area contributed by atoms with Gasteiger partial charge < -0.3 is 5.73 Å². The molecule has 0 unspecified atom stereocenters. The molecule has 5 nitrogen and oxygen atoms in total. The van der Waals surface area contributed by atoms with Crippen LogP contribution in [0.3, 0.4) is 0 Å². The Kier molecular flexibility index (Phi) is 3.41. The molecular weight excluding hydrogens is 258 g/mol. The number of aromatic nitrogens is 1. The Bertz CT molecular complexity index is 594. The second-order valence-corrected chi connectivity index (χ2v) is 5.86. The molecule has 0 amide bonds. The van der Waals surface area contributed by atoms with Gasteiger partial charge in [0.2, 0.25) is 10.0 Å². The second-order valence-electron chi connectivity index (χ2n) is 3.38. The lowest BCUT2D eigenvalue weighted by atomic mass is 10.3. The van der Waals surface area contributed by atoms with Gasteiger partial charge in [0.1, 0.15) is 0 Å². The first-order valence-electron chi connectivity index (χ1n) is 4.80. The Hall–Kier alpha value is -1.44. The molecule has 0 aliphatic heterocycles. The average molecular weight is 269 g/mol. The van der Waals surface area contributed by atoms with Crippen LogP contribution in [0, 0.1) is 0 Å². The summed E-state index contributed by atoms with van der Waals surface area (Å²) in [4.78, 5) is 4.16. The molecule has 0 radical (unpaired) electrons. The summed E-state index contributed by atoms with van der Waals surface area (Å²) in [5, 5.41) is 1.79. The lowest BCUT2D eigenvalue weighted by molar-refractivity contribution is 0.580. The summed E-state index contributed by atoms with van der Waals surface area (Å²) in [5.74, 6) is 0. The van der Waals surface area contributed by atoms with Crippen LogP contribution in [0.1, 0.15) is 5.69 Å². The van der Waals surface area contributed by atoms with Crippen LogP contribution in [-0.2, 0) is 16.6 Å². The van der Waals surface area contributed by atoms with Crippen LogP contribution in [0.25, 0.3) is 0 Å². The number of thiazole rings is 1. The Balaban J connectivity index is 2.14. The van der Waals surface area contributed by atoms with Crippen molar-refractivity contribution in [1.82, 2.24) is 9.71 Å². The quantitative estimate of drug-likeness (QED) is 0.817. The summed E-state index contributed by atoms with van der Waals surface area (Å²) in [7, 11) is -3.52. The number of rotatable bonds is 4. The van der Waals surface area contributed by atoms with Crippen molar-refractivity contribution in [1.29, 1.82) is 0 Å². The highest BCUT2D eigenvalue weighted by atomic mass is 32.2. The van der Waals surface area contributed by atoms with Crippen molar-refractivity contribution >= 4 is 27.0 Å². The topological polar surface area (TPSA) is 85.1 Å². The van der Waals surface area contributed by atoms with Gasteiger partial charge in [0.05, 0.1) is 22.6 Å². The van der Waals surface area contributed by atoms with E-state index < -0.39 is 10.0 Å². The Morgan fingerprint density at radius 2 is 2.24 bits per heavy atom. The van der Waals surface area contributed by atoms with E-state index in [9.17, 15) is 8.42 Å². The summed E-state index contributed by atoms with van der Waals surface area (Å²) in [6.07, 6.45) is 0. The number of nitrogens with zero attached hydrogens (tertiary/aromatic N) is 1. The van der Waals surface area contributed by atoms with Crippen molar-refractivity contribution in [3.05, 3.63) is 40.8 Å². The lowest BCUT2D eigenvalue weighted by Gasteiger charge is -2.05. The molecule has 0 saturated carbocycles. The van der Waals surface area contributed by atoms with Crippen molar-refractivity contribution < 1.29 is 8.42 Å². The number of nitrogens with one attached hydrogen (secondary N) is 1. The number of sulfonamides is 1. The van der Waals surface area contributed by atoms with Gasteiger partial charge in [0.25, 0.3) is 0 Å². The predicted octanol–water partition coefficient (Wildman–Crippen LogP) is 1.20. The summed E-state index contributed by atoms with van der Waals surface area (Å²) < 4.78 is 26.2. The third-order valence-corrected chi connectivity index (χ3v) is 4.13. The molecule has 2 aromatic rings. The number of anilines is 1. The molecule has 90 valence electrons. The largest absolute Gasteiger partial charge is 0.399 e. The highest BCUT2D eigenvalue weighted by Gasteiger charge is 2.13. The van der Waals surface area contributed by atoms with Gasteiger partial charge in [-0.2, -0.15) is 0 Å². The lowest BCUT2D eigenvalue weighted by Crippen LogP contribution is -2.23. The molecule has 2 rings (SSSR count). The minimum absolute atomic E-state index is 0.160. The van der Waals surface area contributed by atoms with Crippen LogP contribution >= 0.6 is 11.3 Å². The summed E-state index contributed by atoms with van der Waals surface area (Å²) in [5.41, 5.74) is 8.31. The van der Waals surface area contributed by atoms with E-state index in [1.54, 1.807) is 23.0 Å². The fourth-order valence-corrected chi connectivity index (χ4v) is 2.87. The molecule has 1 aromatic heterocycles. The SMILES string of the molecule is Nc1cccc(S(=O)(=O)NCc2cscn2)c1. The van der Waals surface area contributed by atoms with E-state index in [1.165, 1.54) is 23.5 Å². The second kappa shape index (κ2) is 4.82. The van der Waals surface area contributed by atoms with E-state index in [1.807, 2.05) is 0 Å². The Morgan fingerprint density at radius 1 is 1.41 bits per heavy atom. The molecule has 0 aliphatic carbocycles. The highest BCUT2D eigenvalue weighted by Crippen LogP contribution is 2.13. The van der Waals surface area contributed by atoms with Crippen molar-refractivity contribution in [3.8, 4) is 0 Å². The first kappa shape index (κ1) is 12.0. The van der Waals surface area contributed by atoms with Gasteiger partial charge in [-0.3, -0.25) is 0 Å². The van der Waals surface area contributed by atoms with E-state index >= 15 is 0 Å². The fraction of sp³-hybridized carbons (Fsp3) is 0.100. The summed E-state index contributed by atoms with van der Waals surface area (Å²) >= 11 is 1.42. The van der Waals surface area contributed by atoms with Crippen LogP contribution in [0.15, 0.2) is 40.1 Å². The molecule has 3 N–H and O–H groups in total. The molecule has 0 bridgehead atoms. The highest BCUT2D eigenvalue weighted by molar-refractivity contribution is 7.89.